The van der Waals surface area contributed by atoms with Gasteiger partial charge in [-0.1, -0.05) is 12.2 Å². The molecule has 6 heteroatoms. The van der Waals surface area contributed by atoms with Crippen molar-refractivity contribution >= 4 is 12.0 Å². The van der Waals surface area contributed by atoms with Crippen molar-refractivity contribution in [2.45, 2.75) is 6.54 Å². The Bertz CT molecular complexity index is 763. The van der Waals surface area contributed by atoms with Gasteiger partial charge < -0.3 is 19.9 Å². The number of amides is 1. The highest BCUT2D eigenvalue weighted by Crippen LogP contribution is 2.21. The molecule has 6 nitrogen and oxygen atoms in total. The Kier molecular flexibility index (Phi) is 5.21. The number of phenolic OH excluding ortho intramolecular Hbond substituents is 2. The maximum atomic E-state index is 11.9. The molecular formula is C17H14N2O4. The van der Waals surface area contributed by atoms with Crippen LogP contribution >= 0.6 is 0 Å². The number of nitriles is 1. The Labute approximate surface area is 132 Å². The molecule has 0 aliphatic heterocycles. The van der Waals surface area contributed by atoms with Gasteiger partial charge in [-0.25, -0.2) is 0 Å². The van der Waals surface area contributed by atoms with Crippen LogP contribution in [0.15, 0.2) is 58.7 Å². The second kappa shape index (κ2) is 7.52. The van der Waals surface area contributed by atoms with Gasteiger partial charge in [-0.2, -0.15) is 5.26 Å². The average molecular weight is 310 g/mol. The summed E-state index contributed by atoms with van der Waals surface area (Å²) < 4.78 is 5.08. The van der Waals surface area contributed by atoms with Gasteiger partial charge in [-0.05, 0) is 35.9 Å². The van der Waals surface area contributed by atoms with E-state index in [9.17, 15) is 15.0 Å². The molecule has 0 atom stereocenters. The third-order valence-electron chi connectivity index (χ3n) is 2.84. The van der Waals surface area contributed by atoms with Crippen molar-refractivity contribution in [2.24, 2.45) is 0 Å². The zero-order chi connectivity index (χ0) is 16.7. The second-order valence-corrected chi connectivity index (χ2v) is 4.60. The maximum Gasteiger partial charge on any atom is 0.262 e. The number of furan rings is 1. The van der Waals surface area contributed by atoms with Crippen molar-refractivity contribution < 1.29 is 19.4 Å². The van der Waals surface area contributed by atoms with Crippen LogP contribution < -0.4 is 5.32 Å². The van der Waals surface area contributed by atoms with E-state index in [0.717, 1.165) is 0 Å². The highest BCUT2D eigenvalue weighted by molar-refractivity contribution is 5.97. The lowest BCUT2D eigenvalue weighted by Gasteiger charge is -2.01. The summed E-state index contributed by atoms with van der Waals surface area (Å²) in [6, 6.07) is 9.31. The largest absolute Gasteiger partial charge is 0.508 e. The van der Waals surface area contributed by atoms with Gasteiger partial charge in [0, 0.05) is 6.07 Å². The number of allylic oxidation sites excluding steroid dienone is 2. The van der Waals surface area contributed by atoms with Gasteiger partial charge in [0.1, 0.15) is 28.9 Å². The first-order valence-corrected chi connectivity index (χ1v) is 6.70. The second-order valence-electron chi connectivity index (χ2n) is 4.60. The molecule has 0 saturated carbocycles. The third-order valence-corrected chi connectivity index (χ3v) is 2.84. The molecule has 0 spiro atoms. The van der Waals surface area contributed by atoms with Crippen LogP contribution in [0.2, 0.25) is 0 Å². The van der Waals surface area contributed by atoms with Gasteiger partial charge >= 0.3 is 0 Å². The molecule has 0 aliphatic carbocycles. The molecule has 3 N–H and O–H groups in total. The van der Waals surface area contributed by atoms with Crippen LogP contribution in [0.4, 0.5) is 0 Å². The minimum absolute atomic E-state index is 0.0721. The fraction of sp³-hybridized carbons (Fsp3) is 0.0588. The Balaban J connectivity index is 2.01. The van der Waals surface area contributed by atoms with Gasteiger partial charge in [-0.3, -0.25) is 4.79 Å². The van der Waals surface area contributed by atoms with Crippen LogP contribution in [0.5, 0.6) is 11.5 Å². The summed E-state index contributed by atoms with van der Waals surface area (Å²) in [6.45, 7) is 0.189. The highest BCUT2D eigenvalue weighted by atomic mass is 16.3. The Morgan fingerprint density at radius 3 is 2.65 bits per heavy atom. The molecule has 23 heavy (non-hydrogen) atoms. The zero-order valence-corrected chi connectivity index (χ0v) is 12.1. The van der Waals surface area contributed by atoms with Crippen molar-refractivity contribution in [2.75, 3.05) is 0 Å². The van der Waals surface area contributed by atoms with E-state index < -0.39 is 5.91 Å². The van der Waals surface area contributed by atoms with Crippen molar-refractivity contribution in [1.82, 2.24) is 5.32 Å². The summed E-state index contributed by atoms with van der Waals surface area (Å²) in [4.78, 5) is 11.9. The molecule has 116 valence electrons. The smallest absolute Gasteiger partial charge is 0.262 e. The van der Waals surface area contributed by atoms with Gasteiger partial charge in [0.25, 0.3) is 5.91 Å². The van der Waals surface area contributed by atoms with Crippen LogP contribution in [-0.2, 0) is 11.3 Å². The number of nitrogens with one attached hydrogen (secondary N) is 1. The first-order chi connectivity index (χ1) is 11.1. The van der Waals surface area contributed by atoms with Crippen LogP contribution in [0, 0.1) is 11.3 Å². The quantitative estimate of drug-likeness (QED) is 0.447. The standard InChI is InChI=1S/C17H14N2O4/c18-10-13(17(22)19-11-16-5-2-6-23-16)4-1-3-12-7-14(20)9-15(21)8-12/h1-9,20-21H,11H2,(H,19,22). The predicted molar refractivity (Wildman–Crippen MR) is 83.1 cm³/mol. The molecule has 0 radical (unpaired) electrons. The van der Waals surface area contributed by atoms with Crippen LogP contribution in [0.25, 0.3) is 6.08 Å². The summed E-state index contributed by atoms with van der Waals surface area (Å²) in [5, 5.41) is 30.3. The molecule has 1 aromatic heterocycles. The van der Waals surface area contributed by atoms with Gasteiger partial charge in [-0.15, -0.1) is 0 Å². The lowest BCUT2D eigenvalue weighted by Crippen LogP contribution is -2.23. The lowest BCUT2D eigenvalue weighted by atomic mass is 10.1. The van der Waals surface area contributed by atoms with Gasteiger partial charge in [0.2, 0.25) is 0 Å². The van der Waals surface area contributed by atoms with Gasteiger partial charge in [0.15, 0.2) is 0 Å². The average Bonchev–Trinajstić information content (AvgIpc) is 3.01. The molecule has 0 aliphatic rings. The van der Waals surface area contributed by atoms with E-state index in [-0.39, 0.29) is 23.6 Å². The minimum Gasteiger partial charge on any atom is -0.508 e. The Hall–Kier alpha value is -3.46. The Morgan fingerprint density at radius 2 is 2.04 bits per heavy atom. The number of rotatable bonds is 5. The molecule has 0 bridgehead atoms. The van der Waals surface area contributed by atoms with E-state index in [1.807, 2.05) is 6.07 Å². The number of aromatic hydroxyl groups is 2. The normalized spacial score (nSPS) is 11.3. The molecule has 1 amide bonds. The molecule has 1 aromatic carbocycles. The Morgan fingerprint density at radius 1 is 1.30 bits per heavy atom. The van der Waals surface area contributed by atoms with E-state index in [1.54, 1.807) is 18.2 Å². The highest BCUT2D eigenvalue weighted by Gasteiger charge is 2.08. The summed E-state index contributed by atoms with van der Waals surface area (Å²) in [5.74, 6) is -0.0932. The third kappa shape index (κ3) is 4.79. The van der Waals surface area contributed by atoms with E-state index in [4.69, 9.17) is 9.68 Å². The van der Waals surface area contributed by atoms with Crippen molar-refractivity contribution in [3.8, 4) is 17.6 Å². The molecule has 0 saturated heterocycles. The first-order valence-electron chi connectivity index (χ1n) is 6.70. The summed E-state index contributed by atoms with van der Waals surface area (Å²) in [7, 11) is 0. The predicted octanol–water partition coefficient (Wildman–Crippen LogP) is 2.47. The van der Waals surface area contributed by atoms with Crippen LogP contribution in [-0.4, -0.2) is 16.1 Å². The van der Waals surface area contributed by atoms with Gasteiger partial charge in [0.05, 0.1) is 12.8 Å². The fourth-order valence-corrected chi connectivity index (χ4v) is 1.81. The zero-order valence-electron chi connectivity index (χ0n) is 12.1. The maximum absolute atomic E-state index is 11.9. The van der Waals surface area contributed by atoms with Crippen LogP contribution in [0.3, 0.4) is 0 Å². The van der Waals surface area contributed by atoms with E-state index in [1.165, 1.54) is 36.6 Å². The molecule has 0 fully saturated rings. The summed E-state index contributed by atoms with van der Waals surface area (Å²) in [5.41, 5.74) is 0.462. The molecule has 2 aromatic rings. The summed E-state index contributed by atoms with van der Waals surface area (Å²) >= 11 is 0. The number of benzene rings is 1. The number of carbonyl (C=O) groups is 1. The van der Waals surface area contributed by atoms with Crippen molar-refractivity contribution in [1.29, 1.82) is 5.26 Å². The van der Waals surface area contributed by atoms with E-state index in [0.29, 0.717) is 11.3 Å². The molecular weight excluding hydrogens is 296 g/mol. The lowest BCUT2D eigenvalue weighted by molar-refractivity contribution is -0.117. The number of nitrogens with zero attached hydrogens (tertiary/aromatic N) is 1. The topological polar surface area (TPSA) is 106 Å². The number of carbonyl (C=O) groups excluding carboxylic acids is 1. The SMILES string of the molecule is N#CC(=CC=Cc1cc(O)cc(O)c1)C(=O)NCc1ccco1. The fourth-order valence-electron chi connectivity index (χ4n) is 1.81. The number of hydrogen-bond donors (Lipinski definition) is 3. The molecule has 1 heterocycles. The van der Waals surface area contributed by atoms with E-state index >= 15 is 0 Å². The first kappa shape index (κ1) is 15.9. The monoisotopic (exact) mass is 310 g/mol. The van der Waals surface area contributed by atoms with Crippen LogP contribution in [0.1, 0.15) is 11.3 Å². The molecule has 2 rings (SSSR count). The van der Waals surface area contributed by atoms with Crippen molar-refractivity contribution in [3.63, 3.8) is 0 Å². The summed E-state index contributed by atoms with van der Waals surface area (Å²) in [6.07, 6.45) is 5.88. The number of phenols is 2. The number of hydrogen-bond acceptors (Lipinski definition) is 5. The molecule has 0 unspecified atom stereocenters. The van der Waals surface area contributed by atoms with E-state index in [2.05, 4.69) is 5.32 Å². The van der Waals surface area contributed by atoms with Crippen molar-refractivity contribution in [3.05, 3.63) is 65.6 Å². The minimum atomic E-state index is -0.521.